The van der Waals surface area contributed by atoms with Crippen molar-refractivity contribution in [2.24, 2.45) is 0 Å². The first-order valence-corrected chi connectivity index (χ1v) is 6.40. The number of hydrogen-bond donors (Lipinski definition) is 1. The lowest BCUT2D eigenvalue weighted by atomic mass is 10.2. The van der Waals surface area contributed by atoms with E-state index in [2.05, 4.69) is 6.58 Å². The molecule has 0 saturated heterocycles. The predicted octanol–water partition coefficient (Wildman–Crippen LogP) is 2.37. The van der Waals surface area contributed by atoms with Gasteiger partial charge < -0.3 is 14.7 Å². The normalized spacial score (nSPS) is 10.4. The van der Waals surface area contributed by atoms with Gasteiger partial charge in [0.25, 0.3) is 5.69 Å². The number of ether oxygens (including phenoxy) is 1. The van der Waals surface area contributed by atoms with E-state index in [1.165, 1.54) is 12.1 Å². The first-order valence-electron chi connectivity index (χ1n) is 6.40. The molecule has 110 valence electrons. The largest absolute Gasteiger partial charge is 0.491 e. The number of non-ortho nitro benzene ring substituents is 1. The molecule has 0 unspecified atom stereocenters. The molecule has 0 atom stereocenters. The highest BCUT2D eigenvalue weighted by atomic mass is 16.6. The SMILES string of the molecule is C=CCN(CCO)c1cc(OC(C)C)cc([N+](=O)[O-])c1. The number of aliphatic hydroxyl groups is 1. The Morgan fingerprint density at radius 1 is 1.50 bits per heavy atom. The van der Waals surface area contributed by atoms with Crippen LogP contribution in [0.15, 0.2) is 30.9 Å². The molecule has 1 aromatic carbocycles. The van der Waals surface area contributed by atoms with Crippen LogP contribution in [-0.2, 0) is 0 Å². The van der Waals surface area contributed by atoms with Crippen molar-refractivity contribution in [1.29, 1.82) is 0 Å². The molecule has 1 N–H and O–H groups in total. The first kappa shape index (κ1) is 16.0. The van der Waals surface area contributed by atoms with Gasteiger partial charge in [0, 0.05) is 30.9 Å². The lowest BCUT2D eigenvalue weighted by Gasteiger charge is -2.23. The second kappa shape index (κ2) is 7.49. The Labute approximate surface area is 118 Å². The van der Waals surface area contributed by atoms with E-state index in [0.717, 1.165) is 0 Å². The third kappa shape index (κ3) is 4.55. The van der Waals surface area contributed by atoms with Gasteiger partial charge in [-0.25, -0.2) is 0 Å². The maximum atomic E-state index is 11.0. The van der Waals surface area contributed by atoms with Crippen LogP contribution in [-0.4, -0.2) is 35.8 Å². The quantitative estimate of drug-likeness (QED) is 0.449. The second-order valence-electron chi connectivity index (χ2n) is 4.57. The lowest BCUT2D eigenvalue weighted by molar-refractivity contribution is -0.384. The van der Waals surface area contributed by atoms with Crippen LogP contribution in [0.5, 0.6) is 5.75 Å². The highest BCUT2D eigenvalue weighted by Gasteiger charge is 2.15. The molecule has 0 amide bonds. The van der Waals surface area contributed by atoms with Gasteiger partial charge in [0.1, 0.15) is 5.75 Å². The van der Waals surface area contributed by atoms with Gasteiger partial charge in [-0.1, -0.05) is 6.08 Å². The Morgan fingerprint density at radius 2 is 2.20 bits per heavy atom. The Bertz CT molecular complexity index is 474. The van der Waals surface area contributed by atoms with E-state index in [0.29, 0.717) is 24.5 Å². The van der Waals surface area contributed by atoms with Crippen LogP contribution in [0.25, 0.3) is 0 Å². The minimum atomic E-state index is -0.457. The average molecular weight is 280 g/mol. The summed E-state index contributed by atoms with van der Waals surface area (Å²) in [6, 6.07) is 4.59. The summed E-state index contributed by atoms with van der Waals surface area (Å²) in [6.07, 6.45) is 1.60. The number of aliphatic hydroxyl groups excluding tert-OH is 1. The molecule has 1 rings (SSSR count). The molecule has 6 nitrogen and oxygen atoms in total. The van der Waals surface area contributed by atoms with Gasteiger partial charge in [0.2, 0.25) is 0 Å². The highest BCUT2D eigenvalue weighted by Crippen LogP contribution is 2.29. The maximum Gasteiger partial charge on any atom is 0.275 e. The van der Waals surface area contributed by atoms with E-state index in [-0.39, 0.29) is 18.4 Å². The summed E-state index contributed by atoms with van der Waals surface area (Å²) in [6.45, 7) is 8.17. The average Bonchev–Trinajstić information content (AvgIpc) is 2.37. The highest BCUT2D eigenvalue weighted by molar-refractivity contribution is 5.58. The van der Waals surface area contributed by atoms with Crippen LogP contribution in [0.1, 0.15) is 13.8 Å². The van der Waals surface area contributed by atoms with E-state index >= 15 is 0 Å². The molecule has 0 aromatic heterocycles. The zero-order valence-electron chi connectivity index (χ0n) is 11.8. The number of hydrogen-bond acceptors (Lipinski definition) is 5. The van der Waals surface area contributed by atoms with Crippen molar-refractivity contribution in [2.75, 3.05) is 24.6 Å². The Balaban J connectivity index is 3.17. The van der Waals surface area contributed by atoms with Crippen molar-refractivity contribution in [3.8, 4) is 5.75 Å². The maximum absolute atomic E-state index is 11.0. The molecule has 6 heteroatoms. The van der Waals surface area contributed by atoms with E-state index in [1.54, 1.807) is 17.0 Å². The molecule has 0 fully saturated rings. The third-order valence-electron chi connectivity index (χ3n) is 2.54. The van der Waals surface area contributed by atoms with Crippen molar-refractivity contribution in [3.05, 3.63) is 41.0 Å². The molecule has 0 aliphatic heterocycles. The molecule has 0 heterocycles. The van der Waals surface area contributed by atoms with Crippen LogP contribution in [0.2, 0.25) is 0 Å². The van der Waals surface area contributed by atoms with Crippen molar-refractivity contribution in [3.63, 3.8) is 0 Å². The van der Waals surface area contributed by atoms with Crippen LogP contribution in [0.4, 0.5) is 11.4 Å². The summed E-state index contributed by atoms with van der Waals surface area (Å²) in [4.78, 5) is 12.3. The van der Waals surface area contributed by atoms with Crippen molar-refractivity contribution in [1.82, 2.24) is 0 Å². The zero-order chi connectivity index (χ0) is 15.1. The van der Waals surface area contributed by atoms with Gasteiger partial charge in [-0.15, -0.1) is 6.58 Å². The second-order valence-corrected chi connectivity index (χ2v) is 4.57. The summed E-state index contributed by atoms with van der Waals surface area (Å²) in [5.74, 6) is 0.441. The van der Waals surface area contributed by atoms with E-state index < -0.39 is 4.92 Å². The topological polar surface area (TPSA) is 75.8 Å². The molecule has 1 aromatic rings. The summed E-state index contributed by atoms with van der Waals surface area (Å²) in [5.41, 5.74) is 0.592. The molecular formula is C14H20N2O4. The lowest BCUT2D eigenvalue weighted by Crippen LogP contribution is -2.26. The zero-order valence-corrected chi connectivity index (χ0v) is 11.8. The molecule has 0 radical (unpaired) electrons. The van der Waals surface area contributed by atoms with Gasteiger partial charge in [0.15, 0.2) is 0 Å². The number of rotatable bonds is 8. The Kier molecular flexibility index (Phi) is 5.99. The first-order chi connectivity index (χ1) is 9.47. The molecule has 0 saturated carbocycles. The van der Waals surface area contributed by atoms with Crippen molar-refractivity contribution < 1.29 is 14.8 Å². The van der Waals surface area contributed by atoms with Gasteiger partial charge in [0.05, 0.1) is 23.7 Å². The minimum Gasteiger partial charge on any atom is -0.491 e. The van der Waals surface area contributed by atoms with E-state index in [9.17, 15) is 10.1 Å². The number of nitro benzene ring substituents is 1. The summed E-state index contributed by atoms with van der Waals surface area (Å²) >= 11 is 0. The summed E-state index contributed by atoms with van der Waals surface area (Å²) < 4.78 is 5.53. The molecule has 0 aliphatic rings. The van der Waals surface area contributed by atoms with Crippen molar-refractivity contribution >= 4 is 11.4 Å². The number of anilines is 1. The summed E-state index contributed by atoms with van der Waals surface area (Å²) in [5, 5.41) is 20.1. The van der Waals surface area contributed by atoms with Crippen molar-refractivity contribution in [2.45, 2.75) is 20.0 Å². The smallest absolute Gasteiger partial charge is 0.275 e. The van der Waals surface area contributed by atoms with Crippen LogP contribution in [0.3, 0.4) is 0 Å². The third-order valence-corrected chi connectivity index (χ3v) is 2.54. The monoisotopic (exact) mass is 280 g/mol. The fraction of sp³-hybridized carbons (Fsp3) is 0.429. The Morgan fingerprint density at radius 3 is 2.70 bits per heavy atom. The van der Waals surface area contributed by atoms with Gasteiger partial charge in [-0.2, -0.15) is 0 Å². The number of nitrogens with zero attached hydrogens (tertiary/aromatic N) is 2. The fourth-order valence-corrected chi connectivity index (χ4v) is 1.80. The Hall–Kier alpha value is -2.08. The van der Waals surface area contributed by atoms with Gasteiger partial charge in [-0.3, -0.25) is 10.1 Å². The standard InChI is InChI=1S/C14H20N2O4/c1-4-5-15(6-7-17)12-8-13(16(18)19)10-14(9-12)20-11(2)3/h4,8-11,17H,1,5-7H2,2-3H3. The fourth-order valence-electron chi connectivity index (χ4n) is 1.80. The molecule has 0 spiro atoms. The minimum absolute atomic E-state index is 0.0369. The molecule has 20 heavy (non-hydrogen) atoms. The van der Waals surface area contributed by atoms with Crippen LogP contribution >= 0.6 is 0 Å². The van der Waals surface area contributed by atoms with E-state index in [1.807, 2.05) is 13.8 Å². The number of nitro groups is 1. The molecular weight excluding hydrogens is 260 g/mol. The summed E-state index contributed by atoms with van der Waals surface area (Å²) in [7, 11) is 0. The number of benzene rings is 1. The molecule has 0 aliphatic carbocycles. The van der Waals surface area contributed by atoms with Gasteiger partial charge >= 0.3 is 0 Å². The molecule has 0 bridgehead atoms. The predicted molar refractivity (Wildman–Crippen MR) is 78.4 cm³/mol. The van der Waals surface area contributed by atoms with Crippen LogP contribution in [0, 0.1) is 10.1 Å². The van der Waals surface area contributed by atoms with Crippen LogP contribution < -0.4 is 9.64 Å². The van der Waals surface area contributed by atoms with Gasteiger partial charge in [-0.05, 0) is 13.8 Å². The van der Waals surface area contributed by atoms with E-state index in [4.69, 9.17) is 9.84 Å².